The predicted octanol–water partition coefficient (Wildman–Crippen LogP) is 0.687. The number of hydrogen-bond acceptors (Lipinski definition) is 7. The molecule has 0 fully saturated rings. The van der Waals surface area contributed by atoms with Crippen LogP contribution in [0.4, 0.5) is 0 Å². The van der Waals surface area contributed by atoms with E-state index in [0.29, 0.717) is 24.4 Å². The largest absolute Gasteiger partial charge is 0.489 e. The molecule has 0 aliphatic rings. The Hall–Kier alpha value is -2.00. The van der Waals surface area contributed by atoms with Crippen LogP contribution in [0.25, 0.3) is 0 Å². The first kappa shape index (κ1) is 24.0. The summed E-state index contributed by atoms with van der Waals surface area (Å²) in [6.07, 6.45) is -0.638. The lowest BCUT2D eigenvalue weighted by Gasteiger charge is -2.14. The van der Waals surface area contributed by atoms with Crippen molar-refractivity contribution in [1.82, 2.24) is 5.32 Å². The number of nitrogens with one attached hydrogen (secondary N) is 1. The van der Waals surface area contributed by atoms with E-state index in [0.717, 1.165) is 0 Å². The minimum absolute atomic E-state index is 0.0435. The highest BCUT2D eigenvalue weighted by Crippen LogP contribution is 2.13. The molecule has 1 aromatic carbocycles. The van der Waals surface area contributed by atoms with Crippen LogP contribution >= 0.6 is 0 Å². The number of ether oxygens (including phenoxy) is 3. The summed E-state index contributed by atoms with van der Waals surface area (Å²) in [4.78, 5) is 22.5. The van der Waals surface area contributed by atoms with Crippen LogP contribution in [0, 0.1) is 0 Å². The first-order chi connectivity index (χ1) is 12.5. The van der Waals surface area contributed by atoms with Crippen LogP contribution in [0.1, 0.15) is 31.1 Å². The second-order valence-corrected chi connectivity index (χ2v) is 5.05. The van der Waals surface area contributed by atoms with Crippen LogP contribution < -0.4 is 21.5 Å². The van der Waals surface area contributed by atoms with Crippen molar-refractivity contribution in [2.24, 2.45) is 11.5 Å². The molecule has 8 nitrogen and oxygen atoms in total. The normalized spacial score (nSPS) is 11.1. The van der Waals surface area contributed by atoms with Crippen molar-refractivity contribution in [2.75, 3.05) is 39.5 Å². The Labute approximate surface area is 155 Å². The molecular formula is C18H31N3O5. The van der Waals surface area contributed by atoms with Gasteiger partial charge in [0.25, 0.3) is 5.91 Å². The summed E-state index contributed by atoms with van der Waals surface area (Å²) in [5.74, 6) is 0.259. The number of ketones is 1. The van der Waals surface area contributed by atoms with Crippen molar-refractivity contribution in [3.63, 3.8) is 0 Å². The topological polar surface area (TPSA) is 126 Å². The molecule has 5 N–H and O–H groups in total. The molecule has 1 atom stereocenters. The molecule has 1 aromatic rings. The number of Topliss-reactive ketones (excluding diaryl/α,β-unsaturated/α-hetero) is 1. The fourth-order valence-electron chi connectivity index (χ4n) is 1.72. The van der Waals surface area contributed by atoms with Gasteiger partial charge in [-0.25, -0.2) is 0 Å². The quantitative estimate of drug-likeness (QED) is 0.365. The molecule has 0 aromatic heterocycles. The van der Waals surface area contributed by atoms with Crippen molar-refractivity contribution in [1.29, 1.82) is 0 Å². The van der Waals surface area contributed by atoms with Crippen LogP contribution in [-0.4, -0.2) is 57.4 Å². The van der Waals surface area contributed by atoms with Crippen LogP contribution in [-0.2, 0) is 14.3 Å². The summed E-state index contributed by atoms with van der Waals surface area (Å²) in [6, 6.07) is 6.74. The highest BCUT2D eigenvalue weighted by Gasteiger charge is 2.08. The fraction of sp³-hybridized carbons (Fsp3) is 0.556. The SMILES string of the molecule is CC.CC(=O)COCCOC(N)COc1cccc(C(=O)NCCN)c1. The van der Waals surface area contributed by atoms with Gasteiger partial charge in [0.15, 0.2) is 5.78 Å². The highest BCUT2D eigenvalue weighted by molar-refractivity contribution is 5.94. The second-order valence-electron chi connectivity index (χ2n) is 5.05. The van der Waals surface area contributed by atoms with Crippen LogP contribution in [0.3, 0.4) is 0 Å². The van der Waals surface area contributed by atoms with Gasteiger partial charge in [-0.3, -0.25) is 9.59 Å². The van der Waals surface area contributed by atoms with Gasteiger partial charge in [-0.15, -0.1) is 0 Å². The summed E-state index contributed by atoms with van der Waals surface area (Å²) < 4.78 is 15.9. The van der Waals surface area contributed by atoms with Crippen molar-refractivity contribution >= 4 is 11.7 Å². The first-order valence-electron chi connectivity index (χ1n) is 8.68. The van der Waals surface area contributed by atoms with Gasteiger partial charge in [0.2, 0.25) is 0 Å². The van der Waals surface area contributed by atoms with Gasteiger partial charge in [0.05, 0.1) is 13.2 Å². The van der Waals surface area contributed by atoms with Crippen molar-refractivity contribution in [3.05, 3.63) is 29.8 Å². The van der Waals surface area contributed by atoms with Gasteiger partial charge in [0, 0.05) is 18.7 Å². The fourth-order valence-corrected chi connectivity index (χ4v) is 1.72. The van der Waals surface area contributed by atoms with Gasteiger partial charge in [-0.2, -0.15) is 0 Å². The highest BCUT2D eigenvalue weighted by atomic mass is 16.6. The van der Waals surface area contributed by atoms with E-state index in [-0.39, 0.29) is 38.1 Å². The molecule has 8 heteroatoms. The summed E-state index contributed by atoms with van der Waals surface area (Å²) >= 11 is 0. The molecule has 0 saturated heterocycles. The van der Waals surface area contributed by atoms with Gasteiger partial charge >= 0.3 is 0 Å². The van der Waals surface area contributed by atoms with E-state index < -0.39 is 6.23 Å². The minimum Gasteiger partial charge on any atom is -0.489 e. The third-order valence-electron chi connectivity index (χ3n) is 2.81. The van der Waals surface area contributed by atoms with Crippen molar-refractivity contribution in [3.8, 4) is 5.75 Å². The Morgan fingerprint density at radius 3 is 2.62 bits per heavy atom. The van der Waals surface area contributed by atoms with E-state index in [9.17, 15) is 9.59 Å². The Morgan fingerprint density at radius 1 is 1.23 bits per heavy atom. The average Bonchev–Trinajstić information content (AvgIpc) is 2.65. The maximum absolute atomic E-state index is 11.8. The molecule has 1 rings (SSSR count). The maximum atomic E-state index is 11.8. The molecule has 0 aliphatic heterocycles. The number of amides is 1. The average molecular weight is 369 g/mol. The molecule has 26 heavy (non-hydrogen) atoms. The number of carbonyl (C=O) groups excluding carboxylic acids is 2. The molecule has 0 saturated carbocycles. The zero-order valence-electron chi connectivity index (χ0n) is 15.8. The Morgan fingerprint density at radius 2 is 1.96 bits per heavy atom. The molecule has 0 bridgehead atoms. The molecule has 0 radical (unpaired) electrons. The summed E-state index contributed by atoms with van der Waals surface area (Å²) in [5.41, 5.74) is 11.6. The zero-order chi connectivity index (χ0) is 19.8. The lowest BCUT2D eigenvalue weighted by atomic mass is 10.2. The van der Waals surface area contributed by atoms with Crippen LogP contribution in [0.15, 0.2) is 24.3 Å². The summed E-state index contributed by atoms with van der Waals surface area (Å²) in [6.45, 7) is 6.97. The van der Waals surface area contributed by atoms with E-state index in [2.05, 4.69) is 5.32 Å². The lowest BCUT2D eigenvalue weighted by Crippen LogP contribution is -2.32. The number of benzene rings is 1. The van der Waals surface area contributed by atoms with Gasteiger partial charge < -0.3 is 31.0 Å². The first-order valence-corrected chi connectivity index (χ1v) is 8.68. The molecule has 148 valence electrons. The van der Waals surface area contributed by atoms with Crippen molar-refractivity contribution in [2.45, 2.75) is 27.0 Å². The molecule has 1 amide bonds. The van der Waals surface area contributed by atoms with Crippen LogP contribution in [0.5, 0.6) is 5.75 Å². The number of rotatable bonds is 12. The molecule has 0 heterocycles. The third-order valence-corrected chi connectivity index (χ3v) is 2.81. The van der Waals surface area contributed by atoms with Crippen molar-refractivity contribution < 1.29 is 23.8 Å². The molecular weight excluding hydrogens is 338 g/mol. The van der Waals surface area contributed by atoms with Gasteiger partial charge in [-0.05, 0) is 25.1 Å². The Bertz CT molecular complexity index is 525. The van der Waals surface area contributed by atoms with Gasteiger partial charge in [-0.1, -0.05) is 19.9 Å². The lowest BCUT2D eigenvalue weighted by molar-refractivity contribution is -0.122. The molecule has 0 aliphatic carbocycles. The minimum atomic E-state index is -0.638. The maximum Gasteiger partial charge on any atom is 0.251 e. The predicted molar refractivity (Wildman–Crippen MR) is 100 cm³/mol. The number of carbonyl (C=O) groups is 2. The Balaban J connectivity index is 0.00000301. The van der Waals surface area contributed by atoms with E-state index >= 15 is 0 Å². The molecule has 0 spiro atoms. The van der Waals surface area contributed by atoms with E-state index in [1.54, 1.807) is 24.3 Å². The number of hydrogen-bond donors (Lipinski definition) is 3. The second kappa shape index (κ2) is 15.3. The third kappa shape index (κ3) is 11.5. The monoisotopic (exact) mass is 369 g/mol. The van der Waals surface area contributed by atoms with E-state index in [4.69, 9.17) is 25.7 Å². The zero-order valence-corrected chi connectivity index (χ0v) is 15.8. The summed E-state index contributed by atoms with van der Waals surface area (Å²) in [5, 5.41) is 2.68. The Kier molecular flexibility index (Phi) is 14.1. The standard InChI is InChI=1S/C16H25N3O5.C2H6/c1-12(20)10-22-7-8-23-15(18)11-24-14-4-2-3-13(9-14)16(21)19-6-5-17;1-2/h2-4,9,15H,5-8,10-11,17-18H2,1H3,(H,19,21);1-2H3. The number of nitrogens with two attached hydrogens (primary N) is 2. The smallest absolute Gasteiger partial charge is 0.251 e. The van der Waals surface area contributed by atoms with Crippen LogP contribution in [0.2, 0.25) is 0 Å². The summed E-state index contributed by atoms with van der Waals surface area (Å²) in [7, 11) is 0. The van der Waals surface area contributed by atoms with E-state index in [1.807, 2.05) is 13.8 Å². The van der Waals surface area contributed by atoms with Gasteiger partial charge in [0.1, 0.15) is 25.2 Å². The molecule has 1 unspecified atom stereocenters. The van der Waals surface area contributed by atoms with E-state index in [1.165, 1.54) is 6.92 Å².